The Morgan fingerprint density at radius 1 is 0.946 bits per heavy atom. The molecule has 192 valence electrons. The van der Waals surface area contributed by atoms with Gasteiger partial charge in [0, 0.05) is 26.2 Å². The second kappa shape index (κ2) is 10.7. The first-order valence-electron chi connectivity index (χ1n) is 12.8. The number of para-hydroxylation sites is 1. The van der Waals surface area contributed by atoms with E-state index in [9.17, 15) is 14.7 Å². The molecule has 0 spiro atoms. The van der Waals surface area contributed by atoms with Crippen molar-refractivity contribution in [3.05, 3.63) is 83.6 Å². The minimum atomic E-state index is -0.638. The van der Waals surface area contributed by atoms with Gasteiger partial charge in [0.15, 0.2) is 0 Å². The Labute approximate surface area is 217 Å². The molecule has 0 aromatic heterocycles. The lowest BCUT2D eigenvalue weighted by molar-refractivity contribution is -0.122. The van der Waals surface area contributed by atoms with Crippen LogP contribution in [0.1, 0.15) is 29.9 Å². The summed E-state index contributed by atoms with van der Waals surface area (Å²) in [7, 11) is 3.04. The smallest absolute Gasteiger partial charge is 0.331 e. The zero-order chi connectivity index (χ0) is 25.9. The summed E-state index contributed by atoms with van der Waals surface area (Å²) in [4.78, 5) is 29.2. The van der Waals surface area contributed by atoms with Crippen LogP contribution in [0.2, 0.25) is 0 Å². The van der Waals surface area contributed by atoms with Crippen LogP contribution in [0.25, 0.3) is 16.8 Å². The number of hydrogen-bond donors (Lipinski definition) is 1. The van der Waals surface area contributed by atoms with E-state index in [4.69, 9.17) is 4.74 Å². The summed E-state index contributed by atoms with van der Waals surface area (Å²) < 4.78 is 5.96. The van der Waals surface area contributed by atoms with E-state index in [1.54, 1.807) is 19.2 Å². The highest BCUT2D eigenvalue weighted by molar-refractivity contribution is 6.13. The summed E-state index contributed by atoms with van der Waals surface area (Å²) in [5, 5.41) is 13.3. The molecule has 2 heterocycles. The number of β-amino-alcohol motifs (C(OH)–C–C–N with tert-alkyl or cyclic N) is 1. The van der Waals surface area contributed by atoms with Gasteiger partial charge < -0.3 is 14.7 Å². The van der Waals surface area contributed by atoms with Gasteiger partial charge in [0.1, 0.15) is 24.2 Å². The second-order valence-corrected chi connectivity index (χ2v) is 9.92. The van der Waals surface area contributed by atoms with Gasteiger partial charge in [-0.1, -0.05) is 60.7 Å². The monoisotopic (exact) mass is 499 g/mol. The first-order chi connectivity index (χ1) is 17.9. The first kappa shape index (κ1) is 25.0. The molecule has 2 aliphatic rings. The number of ether oxygens (including phenoxy) is 1. The standard InChI is InChI=1S/C30H33N3O4/c1-31-27(29(35)32(2)30(31)36)18-25-9-5-6-10-28(25)37-20-26(34)19-33-15-13-22(14-16-33)24-12-11-21-7-3-4-8-23(21)17-24/h3-12,17-18,22,26,34H,13-16,19-20H2,1-2H3/t26-/m0/s1. The number of rotatable bonds is 7. The number of likely N-dealkylation sites (tertiary alicyclic amines) is 1. The zero-order valence-corrected chi connectivity index (χ0v) is 21.3. The number of carbonyl (C=O) groups is 2. The van der Waals surface area contributed by atoms with E-state index >= 15 is 0 Å². The van der Waals surface area contributed by atoms with Crippen molar-refractivity contribution in [1.82, 2.24) is 14.7 Å². The second-order valence-electron chi connectivity index (χ2n) is 9.92. The zero-order valence-electron chi connectivity index (χ0n) is 21.3. The molecule has 2 fully saturated rings. The molecule has 0 saturated carbocycles. The molecule has 0 unspecified atom stereocenters. The van der Waals surface area contributed by atoms with Crippen LogP contribution < -0.4 is 4.74 Å². The molecule has 7 nitrogen and oxygen atoms in total. The third-order valence-corrected chi connectivity index (χ3v) is 7.40. The maximum atomic E-state index is 12.4. The number of aliphatic hydroxyl groups is 1. The molecule has 0 aliphatic carbocycles. The van der Waals surface area contributed by atoms with Crippen LogP contribution in [-0.2, 0) is 4.79 Å². The van der Waals surface area contributed by atoms with Crippen molar-refractivity contribution in [3.63, 3.8) is 0 Å². The number of hydrogen-bond acceptors (Lipinski definition) is 5. The Hall–Kier alpha value is -3.68. The lowest BCUT2D eigenvalue weighted by Crippen LogP contribution is -2.40. The largest absolute Gasteiger partial charge is 0.490 e. The SMILES string of the molecule is CN1C(=O)C(=Cc2ccccc2OC[C@@H](O)CN2CCC(c3ccc4ccccc4c3)CC2)N(C)C1=O. The van der Waals surface area contributed by atoms with Gasteiger partial charge in [-0.25, -0.2) is 4.79 Å². The van der Waals surface area contributed by atoms with E-state index in [-0.39, 0.29) is 18.5 Å². The number of carbonyl (C=O) groups excluding carboxylic acids is 2. The average molecular weight is 500 g/mol. The molecule has 0 bridgehead atoms. The predicted molar refractivity (Wildman–Crippen MR) is 144 cm³/mol. The van der Waals surface area contributed by atoms with Gasteiger partial charge in [0.2, 0.25) is 0 Å². The first-order valence-corrected chi connectivity index (χ1v) is 12.8. The Morgan fingerprint density at radius 2 is 1.65 bits per heavy atom. The van der Waals surface area contributed by atoms with E-state index in [1.807, 2.05) is 18.2 Å². The summed E-state index contributed by atoms with van der Waals surface area (Å²) >= 11 is 0. The van der Waals surface area contributed by atoms with Gasteiger partial charge in [0.05, 0.1) is 0 Å². The fraction of sp³-hybridized carbons (Fsp3) is 0.333. The molecule has 0 radical (unpaired) electrons. The van der Waals surface area contributed by atoms with Crippen molar-refractivity contribution >= 4 is 28.8 Å². The number of fused-ring (bicyclic) bond motifs is 1. The molecule has 5 rings (SSSR count). The number of piperidine rings is 1. The van der Waals surface area contributed by atoms with Crippen LogP contribution in [0.5, 0.6) is 5.75 Å². The molecule has 1 atom stereocenters. The minimum Gasteiger partial charge on any atom is -0.490 e. The van der Waals surface area contributed by atoms with E-state index in [0.29, 0.717) is 29.5 Å². The van der Waals surface area contributed by atoms with Crippen LogP contribution in [0.4, 0.5) is 4.79 Å². The van der Waals surface area contributed by atoms with Crippen molar-refractivity contribution in [1.29, 1.82) is 0 Å². The topological polar surface area (TPSA) is 73.3 Å². The number of benzene rings is 3. The Morgan fingerprint density at radius 3 is 2.38 bits per heavy atom. The van der Waals surface area contributed by atoms with Crippen molar-refractivity contribution in [2.45, 2.75) is 24.9 Å². The molecule has 37 heavy (non-hydrogen) atoms. The fourth-order valence-corrected chi connectivity index (χ4v) is 5.21. The molecule has 3 aromatic rings. The summed E-state index contributed by atoms with van der Waals surface area (Å²) in [6.07, 6.45) is 3.15. The number of urea groups is 1. The van der Waals surface area contributed by atoms with E-state index in [1.165, 1.54) is 28.3 Å². The maximum Gasteiger partial charge on any atom is 0.331 e. The van der Waals surface area contributed by atoms with Crippen LogP contribution in [0, 0.1) is 0 Å². The number of nitrogens with zero attached hydrogens (tertiary/aromatic N) is 3. The minimum absolute atomic E-state index is 0.146. The van der Waals surface area contributed by atoms with E-state index in [2.05, 4.69) is 47.4 Å². The highest BCUT2D eigenvalue weighted by Crippen LogP contribution is 2.30. The number of amides is 3. The summed E-state index contributed by atoms with van der Waals surface area (Å²) in [6, 6.07) is 22.2. The van der Waals surface area contributed by atoms with Crippen molar-refractivity contribution in [2.75, 3.05) is 40.3 Å². The lowest BCUT2D eigenvalue weighted by atomic mass is 9.88. The number of imide groups is 1. The van der Waals surface area contributed by atoms with Crippen LogP contribution in [0.15, 0.2) is 72.4 Å². The highest BCUT2D eigenvalue weighted by Gasteiger charge is 2.36. The van der Waals surface area contributed by atoms with E-state index < -0.39 is 6.10 Å². The van der Waals surface area contributed by atoms with Gasteiger partial charge in [-0.05, 0) is 60.3 Å². The summed E-state index contributed by atoms with van der Waals surface area (Å²) in [5.74, 6) is 0.748. The third kappa shape index (κ3) is 5.38. The molecule has 7 heteroatoms. The van der Waals surface area contributed by atoms with Crippen LogP contribution in [0.3, 0.4) is 0 Å². The lowest BCUT2D eigenvalue weighted by Gasteiger charge is -2.33. The number of likely N-dealkylation sites (N-methyl/N-ethyl adjacent to an activating group) is 2. The fourth-order valence-electron chi connectivity index (χ4n) is 5.21. The van der Waals surface area contributed by atoms with Crippen molar-refractivity contribution in [2.24, 2.45) is 0 Å². The van der Waals surface area contributed by atoms with Crippen molar-refractivity contribution in [3.8, 4) is 5.75 Å². The highest BCUT2D eigenvalue weighted by atomic mass is 16.5. The summed E-state index contributed by atoms with van der Waals surface area (Å²) in [6.45, 7) is 2.57. The van der Waals surface area contributed by atoms with E-state index in [0.717, 1.165) is 30.8 Å². The Bertz CT molecular complexity index is 1330. The molecule has 2 aliphatic heterocycles. The molecular formula is C30H33N3O4. The Kier molecular flexibility index (Phi) is 7.26. The predicted octanol–water partition coefficient (Wildman–Crippen LogP) is 4.32. The van der Waals surface area contributed by atoms with Gasteiger partial charge in [-0.15, -0.1) is 0 Å². The molecule has 2 saturated heterocycles. The van der Waals surface area contributed by atoms with Gasteiger partial charge in [-0.3, -0.25) is 14.6 Å². The van der Waals surface area contributed by atoms with Gasteiger partial charge >= 0.3 is 6.03 Å². The molecule has 3 amide bonds. The molecule has 1 N–H and O–H groups in total. The maximum absolute atomic E-state index is 12.4. The Balaban J connectivity index is 1.15. The van der Waals surface area contributed by atoms with Crippen LogP contribution >= 0.6 is 0 Å². The van der Waals surface area contributed by atoms with Gasteiger partial charge in [-0.2, -0.15) is 0 Å². The average Bonchev–Trinajstić information content (AvgIpc) is 3.10. The number of aliphatic hydroxyl groups excluding tert-OH is 1. The quantitative estimate of drug-likeness (QED) is 0.387. The van der Waals surface area contributed by atoms with Gasteiger partial charge in [0.25, 0.3) is 5.91 Å². The normalized spacial score (nSPS) is 19.3. The molecule has 3 aromatic carbocycles. The van der Waals surface area contributed by atoms with Crippen LogP contribution in [-0.4, -0.2) is 78.2 Å². The van der Waals surface area contributed by atoms with Crippen molar-refractivity contribution < 1.29 is 19.4 Å². The summed E-state index contributed by atoms with van der Waals surface area (Å²) in [5.41, 5.74) is 2.37. The molecular weight excluding hydrogens is 466 g/mol. The third-order valence-electron chi connectivity index (χ3n) is 7.40.